The zero-order valence-electron chi connectivity index (χ0n) is 12.3. The number of nitrogens with two attached hydrogens (primary N) is 1. The van der Waals surface area contributed by atoms with E-state index < -0.39 is 0 Å². The van der Waals surface area contributed by atoms with Crippen LogP contribution >= 0.6 is 11.8 Å². The second-order valence-electron chi connectivity index (χ2n) is 5.00. The van der Waals surface area contributed by atoms with E-state index in [1.165, 1.54) is 0 Å². The van der Waals surface area contributed by atoms with Crippen molar-refractivity contribution in [3.05, 3.63) is 23.8 Å². The first-order valence-electron chi connectivity index (χ1n) is 6.99. The molecular weight excluding hydrogens is 272 g/mol. The van der Waals surface area contributed by atoms with E-state index in [2.05, 4.69) is 18.7 Å². The van der Waals surface area contributed by atoms with Crippen LogP contribution in [0.25, 0.3) is 0 Å². The molecule has 1 aliphatic rings. The van der Waals surface area contributed by atoms with Gasteiger partial charge in [0.25, 0.3) is 0 Å². The average molecular weight is 294 g/mol. The van der Waals surface area contributed by atoms with Gasteiger partial charge in [-0.3, -0.25) is 0 Å². The maximum atomic E-state index is 11.7. The van der Waals surface area contributed by atoms with Gasteiger partial charge in [-0.15, -0.1) is 0 Å². The Hall–Kier alpha value is -1.36. The molecule has 20 heavy (non-hydrogen) atoms. The highest BCUT2D eigenvalue weighted by molar-refractivity contribution is 8.00. The molecule has 0 aromatic heterocycles. The molecule has 1 aromatic rings. The molecule has 1 aliphatic heterocycles. The summed E-state index contributed by atoms with van der Waals surface area (Å²) in [7, 11) is 0. The number of ether oxygens (including phenoxy) is 1. The van der Waals surface area contributed by atoms with Crippen molar-refractivity contribution in [2.75, 3.05) is 29.5 Å². The number of nitrogens with zero attached hydrogens (tertiary/aromatic N) is 1. The standard InChI is InChI=1S/C15H22N2O2S/c1-4-19-15(18)12-5-6-14(13(16)9-12)17-7-8-20-11(3)10(17)2/h5-6,9-11H,4,7-8,16H2,1-3H3. The fourth-order valence-corrected chi connectivity index (χ4v) is 3.53. The smallest absolute Gasteiger partial charge is 0.338 e. The number of nitrogen functional groups attached to an aromatic ring is 1. The van der Waals surface area contributed by atoms with E-state index in [1.54, 1.807) is 19.1 Å². The Morgan fingerprint density at radius 2 is 2.25 bits per heavy atom. The molecule has 1 saturated heterocycles. The molecule has 4 nitrogen and oxygen atoms in total. The van der Waals surface area contributed by atoms with Gasteiger partial charge >= 0.3 is 5.97 Å². The van der Waals surface area contributed by atoms with Gasteiger partial charge in [0.15, 0.2) is 0 Å². The predicted molar refractivity (Wildman–Crippen MR) is 85.5 cm³/mol. The summed E-state index contributed by atoms with van der Waals surface area (Å²) < 4.78 is 5.00. The van der Waals surface area contributed by atoms with Crippen molar-refractivity contribution in [2.24, 2.45) is 0 Å². The Morgan fingerprint density at radius 1 is 1.50 bits per heavy atom. The first-order chi connectivity index (χ1) is 9.54. The second-order valence-corrected chi connectivity index (χ2v) is 6.49. The van der Waals surface area contributed by atoms with Crippen LogP contribution in [-0.2, 0) is 4.74 Å². The summed E-state index contributed by atoms with van der Waals surface area (Å²) in [6.07, 6.45) is 0. The van der Waals surface area contributed by atoms with Gasteiger partial charge in [0.2, 0.25) is 0 Å². The lowest BCUT2D eigenvalue weighted by Gasteiger charge is -2.39. The lowest BCUT2D eigenvalue weighted by atomic mass is 10.1. The molecule has 0 saturated carbocycles. The summed E-state index contributed by atoms with van der Waals surface area (Å²) in [6.45, 7) is 7.61. The number of thioether (sulfide) groups is 1. The van der Waals surface area contributed by atoms with Crippen molar-refractivity contribution in [2.45, 2.75) is 32.1 Å². The number of hydrogen-bond donors (Lipinski definition) is 1. The average Bonchev–Trinajstić information content (AvgIpc) is 2.42. The highest BCUT2D eigenvalue weighted by Gasteiger charge is 2.26. The van der Waals surface area contributed by atoms with Gasteiger partial charge in [-0.2, -0.15) is 11.8 Å². The Morgan fingerprint density at radius 3 is 2.90 bits per heavy atom. The zero-order chi connectivity index (χ0) is 14.7. The maximum absolute atomic E-state index is 11.7. The largest absolute Gasteiger partial charge is 0.462 e. The quantitative estimate of drug-likeness (QED) is 0.686. The van der Waals surface area contributed by atoms with E-state index in [1.807, 2.05) is 17.8 Å². The van der Waals surface area contributed by atoms with Crippen LogP contribution in [0.5, 0.6) is 0 Å². The molecule has 0 radical (unpaired) electrons. The molecule has 5 heteroatoms. The summed E-state index contributed by atoms with van der Waals surface area (Å²) in [5, 5.41) is 0.577. The van der Waals surface area contributed by atoms with Gasteiger partial charge in [-0.05, 0) is 32.0 Å². The van der Waals surface area contributed by atoms with Crippen molar-refractivity contribution in [1.29, 1.82) is 0 Å². The Labute approximate surface area is 124 Å². The summed E-state index contributed by atoms with van der Waals surface area (Å²) in [4.78, 5) is 14.0. The molecule has 0 bridgehead atoms. The van der Waals surface area contributed by atoms with Gasteiger partial charge in [-0.25, -0.2) is 4.79 Å². The van der Waals surface area contributed by atoms with E-state index in [-0.39, 0.29) is 5.97 Å². The van der Waals surface area contributed by atoms with Gasteiger partial charge < -0.3 is 15.4 Å². The van der Waals surface area contributed by atoms with Crippen LogP contribution in [0.4, 0.5) is 11.4 Å². The highest BCUT2D eigenvalue weighted by Crippen LogP contribution is 2.33. The Kier molecular flexibility index (Phi) is 4.81. The number of anilines is 2. The molecule has 0 amide bonds. The monoisotopic (exact) mass is 294 g/mol. The minimum Gasteiger partial charge on any atom is -0.462 e. The molecule has 2 N–H and O–H groups in total. The molecule has 1 fully saturated rings. The zero-order valence-corrected chi connectivity index (χ0v) is 13.1. The van der Waals surface area contributed by atoms with Crippen LogP contribution in [0.2, 0.25) is 0 Å². The van der Waals surface area contributed by atoms with Crippen LogP contribution in [0.3, 0.4) is 0 Å². The number of benzene rings is 1. The molecule has 0 aliphatic carbocycles. The Balaban J connectivity index is 2.23. The van der Waals surface area contributed by atoms with Gasteiger partial charge in [-0.1, -0.05) is 6.92 Å². The third kappa shape index (κ3) is 3.03. The predicted octanol–water partition coefficient (Wildman–Crippen LogP) is 2.78. The summed E-state index contributed by atoms with van der Waals surface area (Å²) in [5.41, 5.74) is 8.30. The van der Waals surface area contributed by atoms with Gasteiger partial charge in [0, 0.05) is 23.6 Å². The van der Waals surface area contributed by atoms with E-state index in [9.17, 15) is 4.79 Å². The first kappa shape index (κ1) is 15.0. The topological polar surface area (TPSA) is 55.6 Å². The molecule has 0 spiro atoms. The van der Waals surface area contributed by atoms with Crippen LogP contribution in [-0.4, -0.2) is 36.2 Å². The van der Waals surface area contributed by atoms with Crippen molar-refractivity contribution in [1.82, 2.24) is 0 Å². The lowest BCUT2D eigenvalue weighted by Crippen LogP contribution is -2.45. The number of rotatable bonds is 3. The van der Waals surface area contributed by atoms with E-state index in [0.29, 0.717) is 29.1 Å². The lowest BCUT2D eigenvalue weighted by molar-refractivity contribution is 0.0526. The van der Waals surface area contributed by atoms with Crippen molar-refractivity contribution < 1.29 is 9.53 Å². The highest BCUT2D eigenvalue weighted by atomic mass is 32.2. The summed E-state index contributed by atoms with van der Waals surface area (Å²) in [5.74, 6) is 0.784. The summed E-state index contributed by atoms with van der Waals surface area (Å²) in [6, 6.07) is 5.88. The van der Waals surface area contributed by atoms with Crippen molar-refractivity contribution in [3.63, 3.8) is 0 Å². The fourth-order valence-electron chi connectivity index (χ4n) is 2.43. The molecular formula is C15H22N2O2S. The maximum Gasteiger partial charge on any atom is 0.338 e. The van der Waals surface area contributed by atoms with Gasteiger partial charge in [0.1, 0.15) is 0 Å². The van der Waals surface area contributed by atoms with Crippen LogP contribution in [0.15, 0.2) is 18.2 Å². The Bertz CT molecular complexity index is 493. The summed E-state index contributed by atoms with van der Waals surface area (Å²) >= 11 is 1.99. The third-order valence-electron chi connectivity index (χ3n) is 3.73. The van der Waals surface area contributed by atoms with E-state index in [4.69, 9.17) is 10.5 Å². The minimum absolute atomic E-state index is 0.318. The number of carbonyl (C=O) groups is 1. The molecule has 1 heterocycles. The van der Waals surface area contributed by atoms with Crippen LogP contribution < -0.4 is 10.6 Å². The van der Waals surface area contributed by atoms with Crippen LogP contribution in [0, 0.1) is 0 Å². The van der Waals surface area contributed by atoms with E-state index >= 15 is 0 Å². The molecule has 2 atom stereocenters. The first-order valence-corrected chi connectivity index (χ1v) is 8.04. The van der Waals surface area contributed by atoms with Crippen molar-refractivity contribution in [3.8, 4) is 0 Å². The SMILES string of the molecule is CCOC(=O)c1ccc(N2CCSC(C)C2C)c(N)c1. The fraction of sp³-hybridized carbons (Fsp3) is 0.533. The normalized spacial score (nSPS) is 22.6. The second kappa shape index (κ2) is 6.39. The van der Waals surface area contributed by atoms with Gasteiger partial charge in [0.05, 0.1) is 23.5 Å². The minimum atomic E-state index is -0.318. The number of esters is 1. The molecule has 1 aromatic carbocycles. The molecule has 110 valence electrons. The van der Waals surface area contributed by atoms with E-state index in [0.717, 1.165) is 18.0 Å². The van der Waals surface area contributed by atoms with Crippen LogP contribution in [0.1, 0.15) is 31.1 Å². The van der Waals surface area contributed by atoms with Crippen molar-refractivity contribution >= 4 is 29.1 Å². The molecule has 2 rings (SSSR count). The number of hydrogen-bond acceptors (Lipinski definition) is 5. The third-order valence-corrected chi connectivity index (χ3v) is 5.07. The molecule has 2 unspecified atom stereocenters. The number of carbonyl (C=O) groups excluding carboxylic acids is 1.